The van der Waals surface area contributed by atoms with Crippen LogP contribution in [-0.4, -0.2) is 17.7 Å². The van der Waals surface area contributed by atoms with E-state index in [0.29, 0.717) is 11.3 Å². The minimum absolute atomic E-state index is 0.502. The Kier molecular flexibility index (Phi) is 4.25. The molecule has 1 saturated heterocycles. The number of hydrogen-bond acceptors (Lipinski definition) is 4. The van der Waals surface area contributed by atoms with Crippen LogP contribution < -0.4 is 5.32 Å². The summed E-state index contributed by atoms with van der Waals surface area (Å²) in [6.07, 6.45) is -1.02. The summed E-state index contributed by atoms with van der Waals surface area (Å²) in [5, 5.41) is 2.56. The van der Waals surface area contributed by atoms with E-state index in [1.807, 2.05) is 0 Å². The highest BCUT2D eigenvalue weighted by Crippen LogP contribution is 2.31. The first kappa shape index (κ1) is 15.4. The molecule has 0 bridgehead atoms. The number of amides is 1. The number of cyclic esters (lactones) is 1. The number of carbonyl (C=O) groups is 3. The van der Waals surface area contributed by atoms with Crippen LogP contribution in [0.5, 0.6) is 0 Å². The van der Waals surface area contributed by atoms with Crippen molar-refractivity contribution >= 4 is 39.3 Å². The minimum Gasteiger partial charge on any atom is -0.448 e. The zero-order valence-corrected chi connectivity index (χ0v) is 13.4. The van der Waals surface area contributed by atoms with E-state index in [1.165, 1.54) is 0 Å². The predicted molar refractivity (Wildman–Crippen MR) is 86.5 cm³/mol. The van der Waals surface area contributed by atoms with E-state index >= 15 is 0 Å². The highest BCUT2D eigenvalue weighted by molar-refractivity contribution is 9.10. The first-order valence-corrected chi connectivity index (χ1v) is 7.71. The van der Waals surface area contributed by atoms with Gasteiger partial charge in [0.05, 0.1) is 0 Å². The molecular weight excluding hydrogens is 362 g/mol. The van der Waals surface area contributed by atoms with Crippen molar-refractivity contribution in [2.45, 2.75) is 6.10 Å². The summed E-state index contributed by atoms with van der Waals surface area (Å²) in [6, 6.07) is 15.5. The number of halogens is 1. The lowest BCUT2D eigenvalue weighted by Gasteiger charge is -2.08. The largest absolute Gasteiger partial charge is 0.448 e. The van der Waals surface area contributed by atoms with Crippen LogP contribution in [0.1, 0.15) is 11.7 Å². The van der Waals surface area contributed by atoms with Crippen molar-refractivity contribution in [2.24, 2.45) is 5.92 Å². The summed E-state index contributed by atoms with van der Waals surface area (Å²) < 4.78 is 5.95. The fraction of sp³-hybridized carbons (Fsp3) is 0.118. The second-order valence-corrected chi connectivity index (χ2v) is 5.97. The molecule has 6 heteroatoms. The first-order valence-electron chi connectivity index (χ1n) is 6.92. The summed E-state index contributed by atoms with van der Waals surface area (Å²) >= 11 is 3.29. The molecule has 5 nitrogen and oxygen atoms in total. The van der Waals surface area contributed by atoms with Gasteiger partial charge in [-0.2, -0.15) is 0 Å². The van der Waals surface area contributed by atoms with Crippen molar-refractivity contribution < 1.29 is 19.1 Å². The Labute approximate surface area is 140 Å². The maximum atomic E-state index is 12.4. The molecule has 0 saturated carbocycles. The SMILES string of the molecule is O=C(Nc1ccc(Br)cc1)C1C(=O)OC(c2ccccc2)C1=O. The molecule has 2 atom stereocenters. The van der Waals surface area contributed by atoms with Gasteiger partial charge in [0.2, 0.25) is 11.7 Å². The van der Waals surface area contributed by atoms with Crippen LogP contribution in [0.25, 0.3) is 0 Å². The molecule has 1 fully saturated rings. The number of esters is 1. The highest BCUT2D eigenvalue weighted by Gasteiger charge is 2.48. The number of carbonyl (C=O) groups excluding carboxylic acids is 3. The molecule has 2 aromatic carbocycles. The Bertz CT molecular complexity index is 758. The average Bonchev–Trinajstić information content (AvgIpc) is 2.85. The van der Waals surface area contributed by atoms with Gasteiger partial charge in [0.1, 0.15) is 0 Å². The summed E-state index contributed by atoms with van der Waals surface area (Å²) in [5.74, 6) is -3.49. The van der Waals surface area contributed by atoms with E-state index in [2.05, 4.69) is 21.2 Å². The third-order valence-corrected chi connectivity index (χ3v) is 4.02. The molecule has 1 aliphatic heterocycles. The summed E-state index contributed by atoms with van der Waals surface area (Å²) in [4.78, 5) is 36.6. The van der Waals surface area contributed by atoms with Crippen molar-refractivity contribution in [3.63, 3.8) is 0 Å². The quantitative estimate of drug-likeness (QED) is 0.663. The molecule has 0 aromatic heterocycles. The topological polar surface area (TPSA) is 72.5 Å². The van der Waals surface area contributed by atoms with Gasteiger partial charge in [0.25, 0.3) is 0 Å². The van der Waals surface area contributed by atoms with Gasteiger partial charge in [-0.05, 0) is 24.3 Å². The van der Waals surface area contributed by atoms with Crippen LogP contribution in [0.3, 0.4) is 0 Å². The average molecular weight is 374 g/mol. The molecule has 3 rings (SSSR count). The second kappa shape index (κ2) is 6.34. The van der Waals surface area contributed by atoms with Gasteiger partial charge < -0.3 is 10.1 Å². The van der Waals surface area contributed by atoms with Gasteiger partial charge in [-0.25, -0.2) is 0 Å². The lowest BCUT2D eigenvalue weighted by molar-refractivity contribution is -0.146. The monoisotopic (exact) mass is 373 g/mol. The maximum absolute atomic E-state index is 12.4. The molecule has 1 heterocycles. The molecular formula is C17H12BrNO4. The van der Waals surface area contributed by atoms with E-state index in [4.69, 9.17) is 4.74 Å². The van der Waals surface area contributed by atoms with Crippen molar-refractivity contribution in [1.29, 1.82) is 0 Å². The summed E-state index contributed by atoms with van der Waals surface area (Å²) in [5.41, 5.74) is 1.06. The van der Waals surface area contributed by atoms with Crippen molar-refractivity contribution in [2.75, 3.05) is 5.32 Å². The van der Waals surface area contributed by atoms with E-state index in [1.54, 1.807) is 54.6 Å². The standard InChI is InChI=1S/C17H12BrNO4/c18-11-6-8-12(9-7-11)19-16(21)13-14(20)15(23-17(13)22)10-4-2-1-3-5-10/h1-9,13,15H,(H,19,21). The molecule has 2 unspecified atom stereocenters. The number of benzene rings is 2. The van der Waals surface area contributed by atoms with Crippen molar-refractivity contribution in [3.8, 4) is 0 Å². The van der Waals surface area contributed by atoms with E-state index in [0.717, 1.165) is 4.47 Å². The zero-order valence-electron chi connectivity index (χ0n) is 11.9. The van der Waals surface area contributed by atoms with Crippen LogP contribution in [-0.2, 0) is 19.1 Å². The van der Waals surface area contributed by atoms with Crippen LogP contribution in [0.4, 0.5) is 5.69 Å². The fourth-order valence-electron chi connectivity index (χ4n) is 2.35. The number of nitrogens with one attached hydrogen (secondary N) is 1. The van der Waals surface area contributed by atoms with Crippen LogP contribution in [0.15, 0.2) is 59.1 Å². The van der Waals surface area contributed by atoms with Crippen molar-refractivity contribution in [1.82, 2.24) is 0 Å². The van der Waals surface area contributed by atoms with E-state index < -0.39 is 29.7 Å². The molecule has 1 N–H and O–H groups in total. The van der Waals surface area contributed by atoms with Gasteiger partial charge in [-0.15, -0.1) is 0 Å². The number of ketones is 1. The van der Waals surface area contributed by atoms with Gasteiger partial charge in [-0.3, -0.25) is 14.4 Å². The van der Waals surface area contributed by atoms with Gasteiger partial charge in [0.15, 0.2) is 12.0 Å². The Morgan fingerprint density at radius 3 is 2.30 bits per heavy atom. The van der Waals surface area contributed by atoms with E-state index in [-0.39, 0.29) is 0 Å². The highest BCUT2D eigenvalue weighted by atomic mass is 79.9. The van der Waals surface area contributed by atoms with Crippen LogP contribution >= 0.6 is 15.9 Å². The van der Waals surface area contributed by atoms with Crippen LogP contribution in [0.2, 0.25) is 0 Å². The summed E-state index contributed by atoms with van der Waals surface area (Å²) in [7, 11) is 0. The third-order valence-electron chi connectivity index (χ3n) is 3.49. The second-order valence-electron chi connectivity index (χ2n) is 5.06. The number of rotatable bonds is 3. The van der Waals surface area contributed by atoms with Gasteiger partial charge in [0, 0.05) is 15.7 Å². The Hall–Kier alpha value is -2.47. The smallest absolute Gasteiger partial charge is 0.327 e. The van der Waals surface area contributed by atoms with Crippen LogP contribution in [0, 0.1) is 5.92 Å². The maximum Gasteiger partial charge on any atom is 0.327 e. The van der Waals surface area contributed by atoms with Crippen molar-refractivity contribution in [3.05, 3.63) is 64.6 Å². The molecule has 1 amide bonds. The molecule has 0 radical (unpaired) electrons. The third kappa shape index (κ3) is 3.17. The lowest BCUT2D eigenvalue weighted by atomic mass is 9.98. The molecule has 2 aromatic rings. The predicted octanol–water partition coefficient (Wildman–Crippen LogP) is 2.87. The zero-order chi connectivity index (χ0) is 16.4. The Morgan fingerprint density at radius 2 is 1.65 bits per heavy atom. The molecule has 23 heavy (non-hydrogen) atoms. The molecule has 0 aliphatic carbocycles. The fourth-order valence-corrected chi connectivity index (χ4v) is 2.62. The number of ether oxygens (including phenoxy) is 1. The van der Waals surface area contributed by atoms with Gasteiger partial charge in [-0.1, -0.05) is 46.3 Å². The first-order chi connectivity index (χ1) is 11.1. The molecule has 0 spiro atoms. The number of hydrogen-bond donors (Lipinski definition) is 1. The lowest BCUT2D eigenvalue weighted by Crippen LogP contribution is -2.31. The normalized spacial score (nSPS) is 20.2. The Balaban J connectivity index is 1.77. The Morgan fingerprint density at radius 1 is 1.00 bits per heavy atom. The number of anilines is 1. The summed E-state index contributed by atoms with van der Waals surface area (Å²) in [6.45, 7) is 0. The van der Waals surface area contributed by atoms with Gasteiger partial charge >= 0.3 is 5.97 Å². The minimum atomic E-state index is -1.44. The van der Waals surface area contributed by atoms with E-state index in [9.17, 15) is 14.4 Å². The molecule has 116 valence electrons. The number of Topliss-reactive ketones (excluding diaryl/α,β-unsaturated/α-hetero) is 1. The molecule has 1 aliphatic rings.